The zero-order valence-corrected chi connectivity index (χ0v) is 19.9. The Morgan fingerprint density at radius 3 is 2.37 bits per heavy atom. The number of carbonyl (C=O) groups is 2. The summed E-state index contributed by atoms with van der Waals surface area (Å²) in [6, 6.07) is 19.4. The van der Waals surface area contributed by atoms with E-state index in [9.17, 15) is 18.0 Å². The molecule has 180 valence electrons. The van der Waals surface area contributed by atoms with Crippen LogP contribution in [0, 0.1) is 0 Å². The molecule has 0 saturated carbocycles. The Kier molecular flexibility index (Phi) is 6.74. The number of aromatic nitrogens is 1. The lowest BCUT2D eigenvalue weighted by Gasteiger charge is -2.11. The second-order valence-corrected chi connectivity index (χ2v) is 9.35. The number of carbonyl (C=O) groups excluding carboxylic acids is 2. The summed E-state index contributed by atoms with van der Waals surface area (Å²) >= 11 is 0. The van der Waals surface area contributed by atoms with Crippen LogP contribution in [0.25, 0.3) is 10.9 Å². The van der Waals surface area contributed by atoms with Crippen molar-refractivity contribution in [2.75, 3.05) is 11.3 Å². The highest BCUT2D eigenvalue weighted by Gasteiger charge is 2.18. The molecule has 3 aromatic carbocycles. The average Bonchev–Trinajstić information content (AvgIpc) is 3.20. The van der Waals surface area contributed by atoms with E-state index in [0.29, 0.717) is 23.6 Å². The fourth-order valence-corrected chi connectivity index (χ4v) is 4.68. The first-order valence-corrected chi connectivity index (χ1v) is 12.3. The van der Waals surface area contributed by atoms with Gasteiger partial charge in [0.2, 0.25) is 0 Å². The summed E-state index contributed by atoms with van der Waals surface area (Å²) in [6.07, 6.45) is 1.67. The molecule has 35 heavy (non-hydrogen) atoms. The van der Waals surface area contributed by atoms with Crippen LogP contribution in [0.3, 0.4) is 0 Å². The molecule has 4 rings (SSSR count). The van der Waals surface area contributed by atoms with Gasteiger partial charge in [-0.2, -0.15) is 0 Å². The van der Waals surface area contributed by atoms with Gasteiger partial charge in [-0.15, -0.1) is 0 Å². The van der Waals surface area contributed by atoms with Gasteiger partial charge in [-0.25, -0.2) is 8.42 Å². The molecule has 0 aliphatic rings. The number of ether oxygens (including phenoxy) is 1. The number of nitrogens with one attached hydrogen (secondary N) is 3. The van der Waals surface area contributed by atoms with Gasteiger partial charge in [-0.3, -0.25) is 25.2 Å². The largest absolute Gasteiger partial charge is 0.494 e. The molecule has 0 bridgehead atoms. The lowest BCUT2D eigenvalue weighted by molar-refractivity contribution is 0.0847. The minimum atomic E-state index is -3.95. The third-order valence-corrected chi connectivity index (χ3v) is 6.63. The number of hydrogen-bond acceptors (Lipinski definition) is 5. The smallest absolute Gasteiger partial charge is 0.271 e. The molecule has 4 aromatic rings. The van der Waals surface area contributed by atoms with Crippen LogP contribution in [0.15, 0.2) is 83.9 Å². The monoisotopic (exact) mass is 492 g/mol. The second-order valence-electron chi connectivity index (χ2n) is 7.67. The van der Waals surface area contributed by atoms with Gasteiger partial charge in [-0.1, -0.05) is 24.3 Å². The maximum atomic E-state index is 12.8. The second kappa shape index (κ2) is 9.90. The third-order valence-electron chi connectivity index (χ3n) is 5.26. The molecule has 3 N–H and O–H groups in total. The van der Waals surface area contributed by atoms with Crippen LogP contribution < -0.4 is 20.3 Å². The highest BCUT2D eigenvalue weighted by atomic mass is 32.2. The van der Waals surface area contributed by atoms with E-state index in [2.05, 4.69) is 15.6 Å². The van der Waals surface area contributed by atoms with Gasteiger partial charge in [0.1, 0.15) is 5.75 Å². The van der Waals surface area contributed by atoms with Gasteiger partial charge in [0.15, 0.2) is 0 Å². The third kappa shape index (κ3) is 5.28. The van der Waals surface area contributed by atoms with Crippen molar-refractivity contribution in [1.82, 2.24) is 15.4 Å². The molecule has 0 unspecified atom stereocenters. The number of hydrogen-bond donors (Lipinski definition) is 3. The first-order chi connectivity index (χ1) is 16.8. The summed E-state index contributed by atoms with van der Waals surface area (Å²) in [4.78, 5) is 25.2. The predicted molar refractivity (Wildman–Crippen MR) is 133 cm³/mol. The molecule has 0 aliphatic heterocycles. The molecule has 9 nitrogen and oxygen atoms in total. The van der Waals surface area contributed by atoms with Crippen molar-refractivity contribution in [3.05, 3.63) is 90.1 Å². The quantitative estimate of drug-likeness (QED) is 0.342. The number of para-hydroxylation sites is 1. The molecule has 10 heteroatoms. The fraction of sp³-hybridized carbons (Fsp3) is 0.120. The summed E-state index contributed by atoms with van der Waals surface area (Å²) in [5.41, 5.74) is 6.43. The number of benzene rings is 3. The van der Waals surface area contributed by atoms with Gasteiger partial charge in [-0.05, 0) is 55.5 Å². The molecule has 0 atom stereocenters. The van der Waals surface area contributed by atoms with Crippen molar-refractivity contribution in [3.63, 3.8) is 0 Å². The Morgan fingerprint density at radius 1 is 0.914 bits per heavy atom. The van der Waals surface area contributed by atoms with Crippen LogP contribution >= 0.6 is 0 Å². The van der Waals surface area contributed by atoms with Gasteiger partial charge >= 0.3 is 0 Å². The van der Waals surface area contributed by atoms with Crippen molar-refractivity contribution >= 4 is 38.4 Å². The van der Waals surface area contributed by atoms with Gasteiger partial charge < -0.3 is 9.30 Å². The molecule has 0 spiro atoms. The Balaban J connectivity index is 1.44. The number of amides is 2. The number of fused-ring (bicyclic) bond motifs is 1. The molecule has 0 radical (unpaired) electrons. The van der Waals surface area contributed by atoms with Crippen molar-refractivity contribution in [1.29, 1.82) is 0 Å². The highest BCUT2D eigenvalue weighted by Crippen LogP contribution is 2.21. The van der Waals surface area contributed by atoms with Crippen molar-refractivity contribution in [2.24, 2.45) is 7.05 Å². The summed E-state index contributed by atoms with van der Waals surface area (Å²) in [5, 5.41) is 0.746. The van der Waals surface area contributed by atoms with Crippen molar-refractivity contribution in [3.8, 4) is 5.75 Å². The Morgan fingerprint density at radius 2 is 1.63 bits per heavy atom. The Labute approximate surface area is 202 Å². The minimum Gasteiger partial charge on any atom is -0.494 e. The van der Waals surface area contributed by atoms with Crippen LogP contribution in [0.5, 0.6) is 5.75 Å². The van der Waals surface area contributed by atoms with Crippen LogP contribution in [-0.4, -0.2) is 31.4 Å². The van der Waals surface area contributed by atoms with E-state index in [0.717, 1.165) is 10.9 Å². The van der Waals surface area contributed by atoms with Crippen molar-refractivity contribution in [2.45, 2.75) is 11.8 Å². The SMILES string of the molecule is CCOc1ccc(NS(=O)(=O)c2cccc(C(=O)NNC(=O)c3cn(C)c4ccccc34)c2)cc1. The lowest BCUT2D eigenvalue weighted by atomic mass is 10.2. The van der Waals surface area contributed by atoms with E-state index in [1.807, 2.05) is 42.8 Å². The van der Waals surface area contributed by atoms with Crippen LogP contribution in [0.1, 0.15) is 27.6 Å². The summed E-state index contributed by atoms with van der Waals surface area (Å²) in [6.45, 7) is 2.36. The van der Waals surface area contributed by atoms with Crippen LogP contribution in [-0.2, 0) is 17.1 Å². The molecule has 0 saturated heterocycles. The number of anilines is 1. The van der Waals surface area contributed by atoms with E-state index in [1.165, 1.54) is 24.3 Å². The molecule has 2 amide bonds. The Bertz CT molecular complexity index is 1490. The van der Waals surface area contributed by atoms with Crippen LogP contribution in [0.4, 0.5) is 5.69 Å². The minimum absolute atomic E-state index is 0.0674. The van der Waals surface area contributed by atoms with E-state index in [1.54, 1.807) is 30.5 Å². The summed E-state index contributed by atoms with van der Waals surface area (Å²) < 4.78 is 35.3. The number of sulfonamides is 1. The van der Waals surface area contributed by atoms with E-state index in [-0.39, 0.29) is 10.5 Å². The van der Waals surface area contributed by atoms with Gasteiger partial charge in [0.25, 0.3) is 21.8 Å². The van der Waals surface area contributed by atoms with E-state index >= 15 is 0 Å². The predicted octanol–water partition coefficient (Wildman–Crippen LogP) is 3.45. The summed E-state index contributed by atoms with van der Waals surface area (Å²) in [7, 11) is -2.13. The van der Waals surface area contributed by atoms with E-state index in [4.69, 9.17) is 4.74 Å². The number of hydrazine groups is 1. The normalized spacial score (nSPS) is 11.1. The fourth-order valence-electron chi connectivity index (χ4n) is 3.58. The zero-order chi connectivity index (χ0) is 25.0. The molecular formula is C25H24N4O5S. The lowest BCUT2D eigenvalue weighted by Crippen LogP contribution is -2.41. The van der Waals surface area contributed by atoms with Crippen molar-refractivity contribution < 1.29 is 22.7 Å². The Hall–Kier alpha value is -4.31. The first-order valence-electron chi connectivity index (χ1n) is 10.8. The molecule has 1 heterocycles. The molecule has 0 aliphatic carbocycles. The van der Waals surface area contributed by atoms with Gasteiger partial charge in [0.05, 0.1) is 17.1 Å². The van der Waals surface area contributed by atoms with Crippen LogP contribution in [0.2, 0.25) is 0 Å². The maximum Gasteiger partial charge on any atom is 0.271 e. The number of rotatable bonds is 7. The molecule has 1 aromatic heterocycles. The zero-order valence-electron chi connectivity index (χ0n) is 19.1. The number of aryl methyl sites for hydroxylation is 1. The molecule has 0 fully saturated rings. The summed E-state index contributed by atoms with van der Waals surface area (Å²) in [5.74, 6) is -0.521. The van der Waals surface area contributed by atoms with E-state index < -0.39 is 21.8 Å². The number of nitrogens with zero attached hydrogens (tertiary/aromatic N) is 1. The maximum absolute atomic E-state index is 12.8. The topological polar surface area (TPSA) is 119 Å². The molecular weight excluding hydrogens is 468 g/mol. The average molecular weight is 493 g/mol. The first kappa shape index (κ1) is 23.8. The highest BCUT2D eigenvalue weighted by molar-refractivity contribution is 7.92. The van der Waals surface area contributed by atoms with Gasteiger partial charge in [0, 0.05) is 35.4 Å². The standard InChI is InChI=1S/C25H24N4O5S/c1-3-34-19-13-11-18(12-14-19)28-35(32,33)20-8-6-7-17(15-20)24(30)26-27-25(31)22-16-29(2)23-10-5-4-9-21(22)23/h4-16,28H,3H2,1-2H3,(H,26,30)(H,27,31).